The standard InChI is InChI=1S/C23H25N3O6/c1-3-15-7-5-8-16(4-2)22(15)24-20(27)14-32-23(29)17-11-21(28)25(13-17)18-9-6-10-19(12-18)26(30)31/h5-10,12,17H,3-4,11,13-14H2,1-2H3,(H,24,27)/t17-/m1/s1. The molecule has 0 saturated carbocycles. The molecule has 2 aromatic rings. The van der Waals surface area contributed by atoms with Gasteiger partial charge in [0.2, 0.25) is 5.91 Å². The van der Waals surface area contributed by atoms with Gasteiger partial charge in [0.05, 0.1) is 16.5 Å². The normalized spacial score (nSPS) is 15.5. The quantitative estimate of drug-likeness (QED) is 0.383. The molecule has 9 heteroatoms. The summed E-state index contributed by atoms with van der Waals surface area (Å²) in [5, 5.41) is 13.8. The maximum absolute atomic E-state index is 12.5. The fourth-order valence-corrected chi connectivity index (χ4v) is 3.72. The van der Waals surface area contributed by atoms with Crippen molar-refractivity contribution < 1.29 is 24.0 Å². The molecule has 1 aliphatic rings. The van der Waals surface area contributed by atoms with Gasteiger partial charge in [0.15, 0.2) is 6.61 Å². The van der Waals surface area contributed by atoms with Crippen LogP contribution >= 0.6 is 0 Å². The second-order valence-corrected chi connectivity index (χ2v) is 7.50. The third-order valence-electron chi connectivity index (χ3n) is 5.42. The first-order valence-electron chi connectivity index (χ1n) is 10.5. The van der Waals surface area contributed by atoms with Gasteiger partial charge in [-0.25, -0.2) is 0 Å². The van der Waals surface area contributed by atoms with E-state index in [0.717, 1.165) is 29.7 Å². The van der Waals surface area contributed by atoms with E-state index in [0.29, 0.717) is 5.69 Å². The number of nitrogens with zero attached hydrogens (tertiary/aromatic N) is 2. The lowest BCUT2D eigenvalue weighted by molar-refractivity contribution is -0.384. The highest BCUT2D eigenvalue weighted by atomic mass is 16.6. The minimum atomic E-state index is -0.747. The number of hydrogen-bond donors (Lipinski definition) is 1. The maximum Gasteiger partial charge on any atom is 0.311 e. The average molecular weight is 439 g/mol. The number of amides is 2. The molecule has 1 atom stereocenters. The molecule has 168 valence electrons. The van der Waals surface area contributed by atoms with Gasteiger partial charge in [-0.1, -0.05) is 38.1 Å². The number of rotatable bonds is 8. The predicted molar refractivity (Wildman–Crippen MR) is 118 cm³/mol. The van der Waals surface area contributed by atoms with Crippen LogP contribution in [0.5, 0.6) is 0 Å². The van der Waals surface area contributed by atoms with Gasteiger partial charge in [-0.05, 0) is 30.0 Å². The summed E-state index contributed by atoms with van der Waals surface area (Å²) in [5.74, 6) is -2.18. The summed E-state index contributed by atoms with van der Waals surface area (Å²) in [4.78, 5) is 49.0. The Hall–Kier alpha value is -3.75. The van der Waals surface area contributed by atoms with Gasteiger partial charge in [0.1, 0.15) is 0 Å². The summed E-state index contributed by atoms with van der Waals surface area (Å²) in [6, 6.07) is 11.5. The zero-order chi connectivity index (χ0) is 23.3. The maximum atomic E-state index is 12.5. The van der Waals surface area contributed by atoms with Crippen LogP contribution in [-0.2, 0) is 32.0 Å². The number of nitro groups is 1. The molecule has 0 bridgehead atoms. The van der Waals surface area contributed by atoms with Gasteiger partial charge in [-0.15, -0.1) is 0 Å². The number of anilines is 2. The number of hydrogen-bond acceptors (Lipinski definition) is 6. The van der Waals surface area contributed by atoms with Gasteiger partial charge < -0.3 is 15.0 Å². The number of nitrogens with one attached hydrogen (secondary N) is 1. The molecule has 0 aromatic heterocycles. The Labute approximate surface area is 185 Å². The summed E-state index contributed by atoms with van der Waals surface area (Å²) in [7, 11) is 0. The summed E-state index contributed by atoms with van der Waals surface area (Å²) in [5.41, 5.74) is 2.94. The second kappa shape index (κ2) is 10.0. The molecule has 1 saturated heterocycles. The topological polar surface area (TPSA) is 119 Å². The molecule has 0 spiro atoms. The third kappa shape index (κ3) is 5.11. The van der Waals surface area contributed by atoms with Gasteiger partial charge in [0, 0.05) is 30.8 Å². The molecular weight excluding hydrogens is 414 g/mol. The Morgan fingerprint density at radius 2 is 1.81 bits per heavy atom. The molecule has 1 heterocycles. The van der Waals surface area contributed by atoms with Gasteiger partial charge >= 0.3 is 5.97 Å². The molecule has 9 nitrogen and oxygen atoms in total. The van der Waals surface area contributed by atoms with Crippen LogP contribution in [0.15, 0.2) is 42.5 Å². The monoisotopic (exact) mass is 439 g/mol. The summed E-state index contributed by atoms with van der Waals surface area (Å²) >= 11 is 0. The molecule has 2 amide bonds. The van der Waals surface area contributed by atoms with Crippen LogP contribution in [0.2, 0.25) is 0 Å². The van der Waals surface area contributed by atoms with Crippen LogP contribution in [0.25, 0.3) is 0 Å². The van der Waals surface area contributed by atoms with Crippen LogP contribution < -0.4 is 10.2 Å². The summed E-state index contributed by atoms with van der Waals surface area (Å²) in [6.07, 6.45) is 1.42. The van der Waals surface area contributed by atoms with E-state index >= 15 is 0 Å². The minimum Gasteiger partial charge on any atom is -0.455 e. The number of nitro benzene ring substituents is 1. The molecule has 0 unspecified atom stereocenters. The molecule has 1 N–H and O–H groups in total. The van der Waals surface area contributed by atoms with Crippen molar-refractivity contribution in [1.82, 2.24) is 0 Å². The van der Waals surface area contributed by atoms with E-state index in [4.69, 9.17) is 4.74 Å². The molecular formula is C23H25N3O6. The summed E-state index contributed by atoms with van der Waals surface area (Å²) < 4.78 is 5.16. The first-order valence-corrected chi connectivity index (χ1v) is 10.5. The van der Waals surface area contributed by atoms with Crippen LogP contribution in [-0.4, -0.2) is 35.9 Å². The Balaban J connectivity index is 1.59. The number of aryl methyl sites for hydroxylation is 2. The highest BCUT2D eigenvalue weighted by Crippen LogP contribution is 2.28. The van der Waals surface area contributed by atoms with E-state index < -0.39 is 29.3 Å². The molecule has 0 radical (unpaired) electrons. The van der Waals surface area contributed by atoms with E-state index in [2.05, 4.69) is 5.32 Å². The predicted octanol–water partition coefficient (Wildman–Crippen LogP) is 3.25. The Kier molecular flexibility index (Phi) is 7.19. The first-order chi connectivity index (χ1) is 15.3. The molecule has 1 aliphatic heterocycles. The van der Waals surface area contributed by atoms with Crippen LogP contribution in [0.4, 0.5) is 17.1 Å². The highest BCUT2D eigenvalue weighted by molar-refractivity contribution is 6.00. The number of ether oxygens (including phenoxy) is 1. The molecule has 1 fully saturated rings. The van der Waals surface area contributed by atoms with E-state index in [-0.39, 0.29) is 24.6 Å². The third-order valence-corrected chi connectivity index (χ3v) is 5.42. The molecule has 2 aromatic carbocycles. The number of carbonyl (C=O) groups excluding carboxylic acids is 3. The van der Waals surface area contributed by atoms with E-state index in [9.17, 15) is 24.5 Å². The number of carbonyl (C=O) groups is 3. The Bertz CT molecular complexity index is 1030. The van der Waals surface area contributed by atoms with E-state index in [1.54, 1.807) is 6.07 Å². The largest absolute Gasteiger partial charge is 0.455 e. The van der Waals surface area contributed by atoms with Crippen LogP contribution in [0.1, 0.15) is 31.4 Å². The Morgan fingerprint density at radius 1 is 1.16 bits per heavy atom. The minimum absolute atomic E-state index is 0.0408. The van der Waals surface area contributed by atoms with Crippen LogP contribution in [0.3, 0.4) is 0 Å². The van der Waals surface area contributed by atoms with E-state index in [1.807, 2.05) is 32.0 Å². The van der Waals surface area contributed by atoms with Crippen molar-refractivity contribution in [1.29, 1.82) is 0 Å². The zero-order valence-corrected chi connectivity index (χ0v) is 18.0. The fraction of sp³-hybridized carbons (Fsp3) is 0.348. The Morgan fingerprint density at radius 3 is 2.44 bits per heavy atom. The van der Waals surface area contributed by atoms with Gasteiger partial charge in [0.25, 0.3) is 11.6 Å². The number of benzene rings is 2. The lowest BCUT2D eigenvalue weighted by Crippen LogP contribution is -2.28. The van der Waals surface area contributed by atoms with Crippen molar-refractivity contribution in [2.24, 2.45) is 5.92 Å². The van der Waals surface area contributed by atoms with Crippen molar-refractivity contribution in [2.45, 2.75) is 33.1 Å². The average Bonchev–Trinajstić information content (AvgIpc) is 3.19. The van der Waals surface area contributed by atoms with Crippen LogP contribution in [0, 0.1) is 16.0 Å². The molecule has 3 rings (SSSR count). The van der Waals surface area contributed by atoms with Crippen molar-refractivity contribution >= 4 is 34.8 Å². The zero-order valence-electron chi connectivity index (χ0n) is 18.0. The SMILES string of the molecule is CCc1cccc(CC)c1NC(=O)COC(=O)[C@@H]1CC(=O)N(c2cccc([N+](=O)[O-])c2)C1. The number of esters is 1. The van der Waals surface area contributed by atoms with Gasteiger partial charge in [-0.3, -0.25) is 24.5 Å². The van der Waals surface area contributed by atoms with Gasteiger partial charge in [-0.2, -0.15) is 0 Å². The second-order valence-electron chi connectivity index (χ2n) is 7.50. The number of para-hydroxylation sites is 1. The highest BCUT2D eigenvalue weighted by Gasteiger charge is 2.36. The van der Waals surface area contributed by atoms with Crippen molar-refractivity contribution in [2.75, 3.05) is 23.4 Å². The first kappa shape index (κ1) is 22.9. The van der Waals surface area contributed by atoms with Crippen molar-refractivity contribution in [3.63, 3.8) is 0 Å². The molecule has 32 heavy (non-hydrogen) atoms. The fourth-order valence-electron chi connectivity index (χ4n) is 3.72. The number of non-ortho nitro benzene ring substituents is 1. The lowest BCUT2D eigenvalue weighted by atomic mass is 10.0. The summed E-state index contributed by atoms with van der Waals surface area (Å²) in [6.45, 7) is 3.57. The van der Waals surface area contributed by atoms with E-state index in [1.165, 1.54) is 23.1 Å². The lowest BCUT2D eigenvalue weighted by Gasteiger charge is -2.16. The smallest absolute Gasteiger partial charge is 0.311 e. The van der Waals surface area contributed by atoms with Crippen molar-refractivity contribution in [3.8, 4) is 0 Å². The van der Waals surface area contributed by atoms with Crippen molar-refractivity contribution in [3.05, 3.63) is 63.7 Å². The molecule has 0 aliphatic carbocycles.